The zero-order chi connectivity index (χ0) is 28.8. The SMILES string of the molecule is C[C@H](Nc1ncnc2[nH]ccc(=O)c12)c1c(Cl)c2cccc(-c3cnc4c(c3)OCCO4)c2c(=O)n1-c1ccccc1. The number of ether oxygens (including phenoxy) is 2. The smallest absolute Gasteiger partial charge is 0.263 e. The Bertz CT molecular complexity index is 2110. The van der Waals surface area contributed by atoms with E-state index in [2.05, 4.69) is 25.3 Å². The molecule has 11 heteroatoms. The van der Waals surface area contributed by atoms with Crippen molar-refractivity contribution in [1.82, 2.24) is 24.5 Å². The number of benzene rings is 2. The van der Waals surface area contributed by atoms with Crippen molar-refractivity contribution in [1.29, 1.82) is 0 Å². The summed E-state index contributed by atoms with van der Waals surface area (Å²) in [6.07, 6.45) is 4.57. The molecule has 0 saturated carbocycles. The van der Waals surface area contributed by atoms with E-state index < -0.39 is 6.04 Å². The summed E-state index contributed by atoms with van der Waals surface area (Å²) >= 11 is 7.19. The molecular weight excluding hydrogens is 556 g/mol. The summed E-state index contributed by atoms with van der Waals surface area (Å²) in [5.74, 6) is 1.27. The number of aromatic amines is 1. The molecule has 4 aromatic heterocycles. The number of anilines is 1. The molecule has 0 bridgehead atoms. The van der Waals surface area contributed by atoms with Crippen molar-refractivity contribution >= 4 is 39.2 Å². The Morgan fingerprint density at radius 2 is 1.81 bits per heavy atom. The maximum atomic E-state index is 14.5. The Hall–Kier alpha value is -5.22. The van der Waals surface area contributed by atoms with Crippen molar-refractivity contribution in [2.45, 2.75) is 13.0 Å². The second-order valence-corrected chi connectivity index (χ2v) is 10.2. The summed E-state index contributed by atoms with van der Waals surface area (Å²) in [4.78, 5) is 43.2. The maximum absolute atomic E-state index is 14.5. The third-order valence-corrected chi connectivity index (χ3v) is 7.62. The molecule has 1 aliphatic rings. The molecule has 6 aromatic rings. The van der Waals surface area contributed by atoms with Gasteiger partial charge in [0.1, 0.15) is 36.4 Å². The number of H-pyrrole nitrogens is 1. The van der Waals surface area contributed by atoms with Gasteiger partial charge < -0.3 is 19.8 Å². The minimum absolute atomic E-state index is 0.234. The second kappa shape index (κ2) is 10.3. The molecular formula is C31H23ClN6O4. The number of nitrogens with one attached hydrogen (secondary N) is 2. The number of hydrogen-bond acceptors (Lipinski definition) is 8. The van der Waals surface area contributed by atoms with E-state index in [9.17, 15) is 9.59 Å². The molecule has 0 amide bonds. The predicted octanol–water partition coefficient (Wildman–Crippen LogP) is 5.28. The van der Waals surface area contributed by atoms with Crippen LogP contribution in [-0.4, -0.2) is 37.7 Å². The van der Waals surface area contributed by atoms with Gasteiger partial charge in [-0.3, -0.25) is 14.2 Å². The van der Waals surface area contributed by atoms with Gasteiger partial charge in [0.25, 0.3) is 11.4 Å². The van der Waals surface area contributed by atoms with Crippen LogP contribution >= 0.6 is 11.6 Å². The summed E-state index contributed by atoms with van der Waals surface area (Å²) in [7, 11) is 0. The molecule has 42 heavy (non-hydrogen) atoms. The maximum Gasteiger partial charge on any atom is 0.263 e. The third-order valence-electron chi connectivity index (χ3n) is 7.22. The molecule has 0 unspecified atom stereocenters. The van der Waals surface area contributed by atoms with E-state index in [0.717, 1.165) is 0 Å². The molecule has 1 atom stereocenters. The van der Waals surface area contributed by atoms with Crippen LogP contribution < -0.4 is 25.8 Å². The van der Waals surface area contributed by atoms with E-state index in [1.807, 2.05) is 61.5 Å². The summed E-state index contributed by atoms with van der Waals surface area (Å²) in [6.45, 7) is 2.72. The van der Waals surface area contributed by atoms with Gasteiger partial charge >= 0.3 is 0 Å². The van der Waals surface area contributed by atoms with Gasteiger partial charge in [-0.25, -0.2) is 15.0 Å². The quantitative estimate of drug-likeness (QED) is 0.283. The molecule has 2 aromatic carbocycles. The van der Waals surface area contributed by atoms with Gasteiger partial charge in [-0.2, -0.15) is 0 Å². The minimum Gasteiger partial charge on any atom is -0.484 e. The number of aromatic nitrogens is 5. The van der Waals surface area contributed by atoms with E-state index in [1.54, 1.807) is 10.8 Å². The van der Waals surface area contributed by atoms with Crippen molar-refractivity contribution in [3.63, 3.8) is 0 Å². The molecule has 1 aliphatic heterocycles. The molecule has 0 fully saturated rings. The fraction of sp³-hybridized carbons (Fsp3) is 0.129. The number of pyridine rings is 3. The Balaban J connectivity index is 1.46. The van der Waals surface area contributed by atoms with Crippen LogP contribution in [0.1, 0.15) is 18.7 Å². The number of hydrogen-bond donors (Lipinski definition) is 2. The van der Waals surface area contributed by atoms with Gasteiger partial charge in [0.05, 0.1) is 22.1 Å². The molecule has 0 saturated heterocycles. The van der Waals surface area contributed by atoms with Crippen LogP contribution in [0, 0.1) is 0 Å². The topological polar surface area (TPSA) is 124 Å². The fourth-order valence-electron chi connectivity index (χ4n) is 5.35. The lowest BCUT2D eigenvalue weighted by Crippen LogP contribution is -2.27. The van der Waals surface area contributed by atoms with Gasteiger partial charge in [0.2, 0.25) is 0 Å². The summed E-state index contributed by atoms with van der Waals surface area (Å²) in [6, 6.07) is 17.5. The first-order chi connectivity index (χ1) is 20.5. The van der Waals surface area contributed by atoms with Gasteiger partial charge in [-0.05, 0) is 30.7 Å². The molecule has 0 aliphatic carbocycles. The zero-order valence-corrected chi connectivity index (χ0v) is 23.1. The largest absolute Gasteiger partial charge is 0.484 e. The third kappa shape index (κ3) is 4.24. The number of para-hydroxylation sites is 1. The molecule has 5 heterocycles. The molecule has 208 valence electrons. The van der Waals surface area contributed by atoms with Crippen molar-refractivity contribution in [2.24, 2.45) is 0 Å². The monoisotopic (exact) mass is 578 g/mol. The van der Waals surface area contributed by atoms with Gasteiger partial charge in [-0.15, -0.1) is 0 Å². The standard InChI is InChI=1S/C31H23ClN6O4/c1-17(37-29-25-22(39)10-11-33-28(25)35-16-36-29)27-26(32)21-9-5-8-20(18-14-23-30(34-15-18)42-13-12-41-23)24(21)31(40)38(27)19-6-3-2-4-7-19/h2-11,14-17H,12-13H2,1H3,(H2,33,35,36,37,39)/t17-/m0/s1. The summed E-state index contributed by atoms with van der Waals surface area (Å²) in [5, 5.41) is 5.02. The highest BCUT2D eigenvalue weighted by Gasteiger charge is 2.25. The van der Waals surface area contributed by atoms with Gasteiger partial charge in [0, 0.05) is 35.1 Å². The van der Waals surface area contributed by atoms with Crippen molar-refractivity contribution in [3.05, 3.63) is 111 Å². The van der Waals surface area contributed by atoms with Gasteiger partial charge in [0.15, 0.2) is 11.2 Å². The summed E-state index contributed by atoms with van der Waals surface area (Å²) in [5.41, 5.74) is 2.40. The van der Waals surface area contributed by atoms with E-state index >= 15 is 0 Å². The second-order valence-electron chi connectivity index (χ2n) is 9.78. The van der Waals surface area contributed by atoms with E-state index in [4.69, 9.17) is 21.1 Å². The Labute approximate surface area is 243 Å². The van der Waals surface area contributed by atoms with E-state index in [1.165, 1.54) is 18.6 Å². The first-order valence-corrected chi connectivity index (χ1v) is 13.7. The lowest BCUT2D eigenvalue weighted by Gasteiger charge is -2.24. The molecule has 7 rings (SSSR count). The summed E-state index contributed by atoms with van der Waals surface area (Å²) < 4.78 is 12.9. The van der Waals surface area contributed by atoms with Crippen LogP contribution in [-0.2, 0) is 0 Å². The highest BCUT2D eigenvalue weighted by Crippen LogP contribution is 2.38. The molecule has 10 nitrogen and oxygen atoms in total. The van der Waals surface area contributed by atoms with E-state index in [-0.39, 0.29) is 11.0 Å². The highest BCUT2D eigenvalue weighted by atomic mass is 35.5. The number of nitrogens with zero attached hydrogens (tertiary/aromatic N) is 4. The number of fused-ring (bicyclic) bond motifs is 3. The van der Waals surface area contributed by atoms with Crippen LogP contribution in [0.5, 0.6) is 11.6 Å². The number of halogens is 1. The Kier molecular flexibility index (Phi) is 6.32. The molecule has 0 spiro atoms. The Morgan fingerprint density at radius 1 is 0.976 bits per heavy atom. The molecule has 2 N–H and O–H groups in total. The fourth-order valence-corrected chi connectivity index (χ4v) is 5.76. The first kappa shape index (κ1) is 25.7. The van der Waals surface area contributed by atoms with Crippen molar-refractivity contribution in [3.8, 4) is 28.4 Å². The first-order valence-electron chi connectivity index (χ1n) is 13.3. The highest BCUT2D eigenvalue weighted by molar-refractivity contribution is 6.36. The number of rotatable bonds is 5. The van der Waals surface area contributed by atoms with Crippen LogP contribution in [0.15, 0.2) is 89.0 Å². The van der Waals surface area contributed by atoms with Crippen LogP contribution in [0.3, 0.4) is 0 Å². The van der Waals surface area contributed by atoms with Crippen LogP contribution in [0.25, 0.3) is 38.6 Å². The molecule has 0 radical (unpaired) electrons. The average Bonchev–Trinajstić information content (AvgIpc) is 3.02. The van der Waals surface area contributed by atoms with E-state index in [0.29, 0.717) is 80.0 Å². The Morgan fingerprint density at radius 3 is 2.67 bits per heavy atom. The zero-order valence-electron chi connectivity index (χ0n) is 22.3. The van der Waals surface area contributed by atoms with Crippen LogP contribution in [0.4, 0.5) is 5.82 Å². The lowest BCUT2D eigenvalue weighted by atomic mass is 9.98. The normalized spacial score (nSPS) is 13.3. The van der Waals surface area contributed by atoms with Crippen LogP contribution in [0.2, 0.25) is 5.02 Å². The minimum atomic E-state index is -0.549. The average molecular weight is 579 g/mol. The van der Waals surface area contributed by atoms with Crippen molar-refractivity contribution in [2.75, 3.05) is 18.5 Å². The predicted molar refractivity (Wildman–Crippen MR) is 161 cm³/mol. The van der Waals surface area contributed by atoms with Gasteiger partial charge in [-0.1, -0.05) is 48.0 Å². The van der Waals surface area contributed by atoms with Crippen molar-refractivity contribution < 1.29 is 9.47 Å². The lowest BCUT2D eigenvalue weighted by molar-refractivity contribution is 0.164.